The average molecular weight is 293 g/mol. The fourth-order valence-corrected chi connectivity index (χ4v) is 2.97. The Bertz CT molecular complexity index is 387. The van der Waals surface area contributed by atoms with E-state index in [0.29, 0.717) is 32.6 Å². The van der Waals surface area contributed by atoms with Crippen molar-refractivity contribution in [3.8, 4) is 0 Å². The Morgan fingerprint density at radius 1 is 1.14 bits per heavy atom. The lowest BCUT2D eigenvalue weighted by molar-refractivity contribution is -0.138. The van der Waals surface area contributed by atoms with E-state index in [-0.39, 0.29) is 11.8 Å². The maximum absolute atomic E-state index is 12.1. The number of piperazine rings is 1. The highest BCUT2D eigenvalue weighted by molar-refractivity contribution is 5.77. The molecule has 5 nitrogen and oxygen atoms in total. The van der Waals surface area contributed by atoms with Crippen molar-refractivity contribution in [1.82, 2.24) is 15.1 Å². The van der Waals surface area contributed by atoms with Gasteiger partial charge >= 0.3 is 0 Å². The summed E-state index contributed by atoms with van der Waals surface area (Å²) in [6.07, 6.45) is 8.67. The topological polar surface area (TPSA) is 52.7 Å². The molecule has 2 rings (SSSR count). The predicted octanol–water partition coefficient (Wildman–Crippen LogP) is 1.01. The molecule has 118 valence electrons. The summed E-state index contributed by atoms with van der Waals surface area (Å²) >= 11 is 0. The number of rotatable bonds is 5. The second-order valence-corrected chi connectivity index (χ2v) is 5.99. The van der Waals surface area contributed by atoms with Gasteiger partial charge in [0.05, 0.1) is 0 Å². The van der Waals surface area contributed by atoms with Crippen LogP contribution in [0.4, 0.5) is 0 Å². The van der Waals surface area contributed by atoms with Crippen LogP contribution in [-0.2, 0) is 9.59 Å². The van der Waals surface area contributed by atoms with E-state index in [4.69, 9.17) is 0 Å². The molecule has 1 saturated heterocycles. The Balaban J connectivity index is 1.57. The van der Waals surface area contributed by atoms with E-state index in [1.54, 1.807) is 11.8 Å². The molecular formula is C16H27N3O2. The largest absolute Gasteiger partial charge is 0.339 e. The van der Waals surface area contributed by atoms with Crippen molar-refractivity contribution in [2.75, 3.05) is 39.3 Å². The van der Waals surface area contributed by atoms with Crippen LogP contribution < -0.4 is 5.32 Å². The Morgan fingerprint density at radius 3 is 2.48 bits per heavy atom. The lowest BCUT2D eigenvalue weighted by atomic mass is 9.94. The first-order chi connectivity index (χ1) is 10.2. The lowest BCUT2D eigenvalue weighted by Gasteiger charge is -2.34. The quantitative estimate of drug-likeness (QED) is 0.608. The van der Waals surface area contributed by atoms with Crippen LogP contribution in [0.2, 0.25) is 0 Å². The molecule has 0 radical (unpaired) electrons. The summed E-state index contributed by atoms with van der Waals surface area (Å²) in [7, 11) is 0. The first kappa shape index (κ1) is 16.0. The highest BCUT2D eigenvalue weighted by Crippen LogP contribution is 2.16. The smallest absolute Gasteiger partial charge is 0.223 e. The van der Waals surface area contributed by atoms with Crippen molar-refractivity contribution in [1.29, 1.82) is 0 Å². The van der Waals surface area contributed by atoms with Crippen LogP contribution in [0.1, 0.15) is 32.6 Å². The second kappa shape index (κ2) is 8.17. The molecule has 21 heavy (non-hydrogen) atoms. The van der Waals surface area contributed by atoms with Crippen molar-refractivity contribution in [2.24, 2.45) is 5.92 Å². The first-order valence-electron chi connectivity index (χ1n) is 8.06. The van der Waals surface area contributed by atoms with Gasteiger partial charge in [0, 0.05) is 46.1 Å². The average Bonchev–Trinajstić information content (AvgIpc) is 2.52. The molecule has 1 aliphatic heterocycles. The summed E-state index contributed by atoms with van der Waals surface area (Å²) in [4.78, 5) is 27.0. The van der Waals surface area contributed by atoms with Gasteiger partial charge in [0.2, 0.25) is 11.8 Å². The standard InChI is InChI=1S/C16H27N3O2/c1-14(20)18-9-11-19(12-10-18)16(21)7-8-17-13-15-5-3-2-4-6-15/h2-3,15,17H,4-13H2,1H3. The van der Waals surface area contributed by atoms with Gasteiger partial charge in [-0.05, 0) is 31.7 Å². The predicted molar refractivity (Wildman–Crippen MR) is 82.8 cm³/mol. The third-order valence-corrected chi connectivity index (χ3v) is 4.40. The van der Waals surface area contributed by atoms with E-state index in [2.05, 4.69) is 17.5 Å². The molecule has 0 aromatic rings. The molecule has 1 fully saturated rings. The van der Waals surface area contributed by atoms with Crippen LogP contribution in [0.25, 0.3) is 0 Å². The number of carbonyl (C=O) groups excluding carboxylic acids is 2. The zero-order valence-corrected chi connectivity index (χ0v) is 13.0. The van der Waals surface area contributed by atoms with E-state index in [1.165, 1.54) is 12.8 Å². The molecule has 0 aromatic carbocycles. The first-order valence-corrected chi connectivity index (χ1v) is 8.06. The number of hydrogen-bond acceptors (Lipinski definition) is 3. The number of amides is 2. The molecule has 1 N–H and O–H groups in total. The van der Waals surface area contributed by atoms with Gasteiger partial charge in [-0.15, -0.1) is 0 Å². The van der Waals surface area contributed by atoms with Gasteiger partial charge in [-0.25, -0.2) is 0 Å². The third-order valence-electron chi connectivity index (χ3n) is 4.40. The minimum absolute atomic E-state index is 0.102. The minimum Gasteiger partial charge on any atom is -0.339 e. The van der Waals surface area contributed by atoms with E-state index in [9.17, 15) is 9.59 Å². The van der Waals surface area contributed by atoms with Crippen molar-refractivity contribution in [3.05, 3.63) is 12.2 Å². The van der Waals surface area contributed by atoms with Gasteiger partial charge in [0.1, 0.15) is 0 Å². The maximum Gasteiger partial charge on any atom is 0.223 e. The molecule has 0 spiro atoms. The van der Waals surface area contributed by atoms with Crippen molar-refractivity contribution in [3.63, 3.8) is 0 Å². The molecule has 0 bridgehead atoms. The highest BCUT2D eigenvalue weighted by atomic mass is 16.2. The van der Waals surface area contributed by atoms with Crippen LogP contribution in [0.5, 0.6) is 0 Å². The molecule has 1 aliphatic carbocycles. The van der Waals surface area contributed by atoms with E-state index < -0.39 is 0 Å². The number of allylic oxidation sites excluding steroid dienone is 2. The van der Waals surface area contributed by atoms with Crippen LogP contribution in [-0.4, -0.2) is 60.9 Å². The summed E-state index contributed by atoms with van der Waals surface area (Å²) in [5.74, 6) is 1.03. The van der Waals surface area contributed by atoms with Crippen molar-refractivity contribution >= 4 is 11.8 Å². The van der Waals surface area contributed by atoms with Gasteiger partial charge in [0.15, 0.2) is 0 Å². The Labute approximate surface area is 127 Å². The van der Waals surface area contributed by atoms with Crippen LogP contribution >= 0.6 is 0 Å². The Morgan fingerprint density at radius 2 is 1.86 bits per heavy atom. The summed E-state index contributed by atoms with van der Waals surface area (Å²) in [5.41, 5.74) is 0. The van der Waals surface area contributed by atoms with Crippen molar-refractivity contribution in [2.45, 2.75) is 32.6 Å². The van der Waals surface area contributed by atoms with Crippen LogP contribution in [0.3, 0.4) is 0 Å². The van der Waals surface area contributed by atoms with Crippen molar-refractivity contribution < 1.29 is 9.59 Å². The monoisotopic (exact) mass is 293 g/mol. The highest BCUT2D eigenvalue weighted by Gasteiger charge is 2.21. The van der Waals surface area contributed by atoms with Crippen LogP contribution in [0, 0.1) is 5.92 Å². The summed E-state index contributed by atoms with van der Waals surface area (Å²) in [6, 6.07) is 0. The molecule has 2 aliphatic rings. The fraction of sp³-hybridized carbons (Fsp3) is 0.750. The van der Waals surface area contributed by atoms with Gasteiger partial charge < -0.3 is 15.1 Å². The Hall–Kier alpha value is -1.36. The van der Waals surface area contributed by atoms with E-state index >= 15 is 0 Å². The minimum atomic E-state index is 0.102. The number of nitrogens with zero attached hydrogens (tertiary/aromatic N) is 2. The SMILES string of the molecule is CC(=O)N1CCN(C(=O)CCNCC2CC=CCC2)CC1. The third kappa shape index (κ3) is 5.16. The Kier molecular flexibility index (Phi) is 6.23. The second-order valence-electron chi connectivity index (χ2n) is 5.99. The normalized spacial score (nSPS) is 22.4. The fourth-order valence-electron chi connectivity index (χ4n) is 2.97. The number of carbonyl (C=O) groups is 2. The van der Waals surface area contributed by atoms with E-state index in [1.807, 2.05) is 4.90 Å². The molecule has 0 saturated carbocycles. The summed E-state index contributed by atoms with van der Waals surface area (Å²) < 4.78 is 0. The molecule has 2 amide bonds. The molecule has 5 heteroatoms. The summed E-state index contributed by atoms with van der Waals surface area (Å²) in [5, 5.41) is 3.41. The number of nitrogens with one attached hydrogen (secondary N) is 1. The molecule has 1 atom stereocenters. The lowest BCUT2D eigenvalue weighted by Crippen LogP contribution is -2.50. The summed E-state index contributed by atoms with van der Waals surface area (Å²) in [6.45, 7) is 6.03. The van der Waals surface area contributed by atoms with Gasteiger partial charge in [-0.2, -0.15) is 0 Å². The van der Waals surface area contributed by atoms with Gasteiger partial charge in [-0.1, -0.05) is 12.2 Å². The maximum atomic E-state index is 12.1. The van der Waals surface area contributed by atoms with E-state index in [0.717, 1.165) is 25.4 Å². The number of hydrogen-bond donors (Lipinski definition) is 1. The molecular weight excluding hydrogens is 266 g/mol. The molecule has 1 heterocycles. The molecule has 0 aromatic heterocycles. The zero-order chi connectivity index (χ0) is 15.1. The van der Waals surface area contributed by atoms with Crippen LogP contribution in [0.15, 0.2) is 12.2 Å². The molecule has 1 unspecified atom stereocenters. The van der Waals surface area contributed by atoms with Gasteiger partial charge in [-0.3, -0.25) is 9.59 Å². The van der Waals surface area contributed by atoms with Gasteiger partial charge in [0.25, 0.3) is 0 Å². The zero-order valence-electron chi connectivity index (χ0n) is 13.0.